The first-order valence-corrected chi connectivity index (χ1v) is 26.6. The van der Waals surface area contributed by atoms with Crippen LogP contribution in [0.2, 0.25) is 0 Å². The average molecular weight is 1110 g/mol. The van der Waals surface area contributed by atoms with Crippen LogP contribution in [0.4, 0.5) is 0 Å². The van der Waals surface area contributed by atoms with E-state index in [1.165, 1.54) is 28.4 Å². The first kappa shape index (κ1) is 74.8. The first-order valence-electron chi connectivity index (χ1n) is 24.5. The standard InChI is InChI=1S/C20H31NO4S.C14H21NO4S.C9H16O2.2C5H9O.2V/c1-12(2)16(22)11-26-17-9-18(23)21(20(17)25)10-14-5-7-15(8-6-14)19(24)13(3)4;1-8(2)10(16)6-15-13(18)5-12(14(15)19)20-7-11(17)9(3)4;1-6(2)8(10)5-9(11)7(3)4;2*1-4(2)5(3)6;;/h12-15,17H,5-11H2,1-4H3;8-9,12H,5-7H2,1-4H3;6-7H,5H2,1-4H3;2*4H,3H2,1-2H3;;/q;;;2*-1;;+2. The number of imide groups is 2. The molecule has 0 aromatic heterocycles. The van der Waals surface area contributed by atoms with Gasteiger partial charge in [-0.15, -0.1) is 23.5 Å². The summed E-state index contributed by atoms with van der Waals surface area (Å²) < 4.78 is 0. The summed E-state index contributed by atoms with van der Waals surface area (Å²) in [7, 11) is 0. The molecule has 71 heavy (non-hydrogen) atoms. The topological polar surface area (TPSA) is 211 Å². The number of Topliss-reactive ketones (excluding diaryl/α,β-unsaturated/α-hetero) is 8. The molecule has 0 aromatic carbocycles. The molecule has 18 heteroatoms. The number of hydrogen-bond donors (Lipinski definition) is 0. The van der Waals surface area contributed by atoms with Crippen LogP contribution in [-0.2, 0) is 94.6 Å². The molecule has 0 spiro atoms. The Kier molecular flexibility index (Phi) is 39.9. The third-order valence-corrected chi connectivity index (χ3v) is 14.1. The Morgan fingerprint density at radius 1 is 0.479 bits per heavy atom. The molecular formula is C53H86N2O12S2V2. The van der Waals surface area contributed by atoms with Crippen molar-refractivity contribution in [2.75, 3.05) is 24.6 Å². The van der Waals surface area contributed by atoms with Gasteiger partial charge in [0, 0.05) is 79.4 Å². The number of carbonyl (C=O) groups is 12. The molecule has 0 aromatic rings. The van der Waals surface area contributed by atoms with E-state index in [9.17, 15) is 57.5 Å². The quantitative estimate of drug-likeness (QED) is 0.0601. The molecule has 2 radical (unpaired) electrons. The Bertz CT molecular complexity index is 1750. The van der Waals surface area contributed by atoms with Crippen molar-refractivity contribution in [3.05, 3.63) is 13.8 Å². The second kappa shape index (κ2) is 37.9. The zero-order valence-corrected chi connectivity index (χ0v) is 50.1. The van der Waals surface area contributed by atoms with Crippen molar-refractivity contribution >= 4 is 93.4 Å². The number of rotatable bonds is 21. The molecule has 4 amide bonds. The van der Waals surface area contributed by atoms with Crippen LogP contribution >= 0.6 is 23.5 Å². The fourth-order valence-electron chi connectivity index (χ4n) is 5.90. The number of amides is 4. The molecule has 2 unspecified atom stereocenters. The largest absolute Gasteiger partial charge is 2.00 e. The number of nitrogens with zero attached hydrogens (tertiary/aromatic N) is 2. The van der Waals surface area contributed by atoms with Crippen molar-refractivity contribution in [1.82, 2.24) is 9.80 Å². The molecule has 1 aliphatic carbocycles. The van der Waals surface area contributed by atoms with Gasteiger partial charge in [-0.3, -0.25) is 57.7 Å². The van der Waals surface area contributed by atoms with E-state index in [4.69, 9.17) is 0 Å². The minimum Gasteiger partial charge on any atom is -0.339 e. The second-order valence-corrected chi connectivity index (χ2v) is 22.8. The van der Waals surface area contributed by atoms with Gasteiger partial charge in [0.1, 0.15) is 28.9 Å². The summed E-state index contributed by atoms with van der Waals surface area (Å²) in [6.45, 7) is 35.9. The maximum absolute atomic E-state index is 12.6. The van der Waals surface area contributed by atoms with Gasteiger partial charge in [-0.2, -0.15) is 0 Å². The summed E-state index contributed by atoms with van der Waals surface area (Å²) in [4.78, 5) is 140. The Hall–Kier alpha value is -2.75. The van der Waals surface area contributed by atoms with E-state index >= 15 is 0 Å². The van der Waals surface area contributed by atoms with Crippen LogP contribution in [0.25, 0.3) is 0 Å². The van der Waals surface area contributed by atoms with E-state index in [0.717, 1.165) is 30.6 Å². The summed E-state index contributed by atoms with van der Waals surface area (Å²) in [5.74, 6) is 0.436. The molecule has 2 atom stereocenters. The maximum Gasteiger partial charge on any atom is 2.00 e. The molecule has 0 N–H and O–H groups in total. The summed E-state index contributed by atoms with van der Waals surface area (Å²) >= 11 is 2.50. The van der Waals surface area contributed by atoms with Gasteiger partial charge < -0.3 is 23.4 Å². The fraction of sp³-hybridized carbons (Fsp3) is 0.736. The Morgan fingerprint density at radius 2 is 0.789 bits per heavy atom. The zero-order chi connectivity index (χ0) is 54.2. The van der Waals surface area contributed by atoms with Crippen LogP contribution < -0.4 is 0 Å². The van der Waals surface area contributed by atoms with Gasteiger partial charge in [-0.05, 0) is 55.0 Å². The smallest absolute Gasteiger partial charge is 0.339 e. The fourth-order valence-corrected chi connectivity index (χ4v) is 8.36. The van der Waals surface area contributed by atoms with Crippen LogP contribution in [0, 0.1) is 73.0 Å². The van der Waals surface area contributed by atoms with E-state index in [-0.39, 0.29) is 192 Å². The number of ketones is 8. The van der Waals surface area contributed by atoms with E-state index in [0.29, 0.717) is 18.2 Å². The van der Waals surface area contributed by atoms with E-state index in [1.54, 1.807) is 27.7 Å². The zero-order valence-electron chi connectivity index (χ0n) is 45.6. The summed E-state index contributed by atoms with van der Waals surface area (Å²) in [5.41, 5.74) is 0. The van der Waals surface area contributed by atoms with Gasteiger partial charge in [-0.25, -0.2) is 0 Å². The van der Waals surface area contributed by atoms with Gasteiger partial charge in [0.25, 0.3) is 0 Å². The molecule has 3 aliphatic rings. The maximum atomic E-state index is 12.6. The van der Waals surface area contributed by atoms with E-state index in [2.05, 4.69) is 13.8 Å². The Labute approximate surface area is 458 Å². The number of hydrogen-bond acceptors (Lipinski definition) is 14. The Balaban J connectivity index is -0.000000440. The van der Waals surface area contributed by atoms with Crippen LogP contribution in [0.5, 0.6) is 0 Å². The Morgan fingerprint density at radius 3 is 1.08 bits per heavy atom. The normalized spacial score (nSPS) is 18.5. The number of likely N-dealkylation sites (tertiary alicyclic amines) is 2. The van der Waals surface area contributed by atoms with Crippen LogP contribution in [0.15, 0.2) is 0 Å². The van der Waals surface area contributed by atoms with E-state index in [1.807, 2.05) is 83.1 Å². The van der Waals surface area contributed by atoms with Crippen molar-refractivity contribution in [1.29, 1.82) is 0 Å². The molecule has 2 saturated heterocycles. The molecule has 1 saturated carbocycles. The van der Waals surface area contributed by atoms with Crippen molar-refractivity contribution in [2.24, 2.45) is 59.2 Å². The minimum absolute atomic E-state index is 0. The van der Waals surface area contributed by atoms with Crippen molar-refractivity contribution in [3.8, 4) is 0 Å². The van der Waals surface area contributed by atoms with Gasteiger partial charge in [0.15, 0.2) is 5.78 Å². The minimum atomic E-state index is -0.523. The SMILES string of the molecule is CC(C)C(=O)CC(=O)C(C)C.CC(C)C(=O)CSC1CC(=O)N(CC(=O)C(C)C)C1=O.CC(C)C(=O)CSC1CC(=O)N(CC2CCC(C(=O)C(C)C)CC2)C1=O.[CH2-]C(=O)C(C)C.[CH2-]C(=O)C(C)C.[V+2].[V]. The second-order valence-electron chi connectivity index (χ2n) is 20.5. The third kappa shape index (κ3) is 30.3. The first-order chi connectivity index (χ1) is 31.7. The summed E-state index contributed by atoms with van der Waals surface area (Å²) in [6.07, 6.45) is 3.90. The monoisotopic (exact) mass is 1110 g/mol. The van der Waals surface area contributed by atoms with Gasteiger partial charge in [0.05, 0.1) is 35.0 Å². The molecule has 3 rings (SSSR count). The molecule has 0 bridgehead atoms. The molecule has 2 aliphatic heterocycles. The predicted molar refractivity (Wildman–Crippen MR) is 275 cm³/mol. The third-order valence-electron chi connectivity index (χ3n) is 11.7. The molecule has 14 nitrogen and oxygen atoms in total. The number of carbonyl (C=O) groups excluding carboxylic acids is 12. The van der Waals surface area contributed by atoms with Gasteiger partial charge in [-0.1, -0.05) is 111 Å². The summed E-state index contributed by atoms with van der Waals surface area (Å²) in [5, 5.41) is -0.936. The molecule has 2 heterocycles. The van der Waals surface area contributed by atoms with Crippen molar-refractivity contribution < 1.29 is 94.6 Å². The average Bonchev–Trinajstić information content (AvgIpc) is 3.68. The van der Waals surface area contributed by atoms with E-state index < -0.39 is 10.5 Å². The van der Waals surface area contributed by atoms with Crippen LogP contribution in [0.3, 0.4) is 0 Å². The predicted octanol–water partition coefficient (Wildman–Crippen LogP) is 8.31. The van der Waals surface area contributed by atoms with Gasteiger partial charge in [0.2, 0.25) is 23.6 Å². The molecule has 3 fully saturated rings. The van der Waals surface area contributed by atoms with Crippen molar-refractivity contribution in [2.45, 2.75) is 166 Å². The number of thioether (sulfide) groups is 2. The molecule has 402 valence electrons. The van der Waals surface area contributed by atoms with Crippen LogP contribution in [-0.4, -0.2) is 115 Å². The summed E-state index contributed by atoms with van der Waals surface area (Å²) in [6, 6.07) is 0. The molecular weight excluding hydrogens is 1020 g/mol. The van der Waals surface area contributed by atoms with Crippen molar-refractivity contribution in [3.63, 3.8) is 0 Å². The van der Waals surface area contributed by atoms with Crippen LogP contribution in [0.1, 0.15) is 156 Å². The van der Waals surface area contributed by atoms with Gasteiger partial charge >= 0.3 is 18.6 Å².